The second-order valence-corrected chi connectivity index (χ2v) is 7.37. The van der Waals surface area contributed by atoms with Gasteiger partial charge in [0, 0.05) is 17.8 Å². The molecule has 3 rings (SSSR count). The second-order valence-electron chi connectivity index (χ2n) is 5.62. The van der Waals surface area contributed by atoms with Crippen molar-refractivity contribution < 1.29 is 0 Å². The van der Waals surface area contributed by atoms with Gasteiger partial charge in [-0.15, -0.1) is 16.4 Å². The molecule has 2 heterocycles. The minimum absolute atomic E-state index is 0.271. The Bertz CT molecular complexity index is 587. The summed E-state index contributed by atoms with van der Waals surface area (Å²) in [5.41, 5.74) is 2.68. The highest BCUT2D eigenvalue weighted by Crippen LogP contribution is 2.43. The molecular formula is C15H21BrN4S. The molecule has 0 spiro atoms. The second kappa shape index (κ2) is 6.58. The van der Waals surface area contributed by atoms with Crippen LogP contribution in [0.4, 0.5) is 0 Å². The Morgan fingerprint density at radius 2 is 2.43 bits per heavy atom. The standard InChI is InChI=1S/C15H21BrN4S/c1-3-8-17-13(14-15(16)18-19-20(14)2)11-5-4-6-12-10(11)7-9-21-12/h7,9,11,13,17H,3-6,8H2,1-2H3. The fourth-order valence-corrected chi connectivity index (χ4v) is 4.84. The summed E-state index contributed by atoms with van der Waals surface area (Å²) in [6.45, 7) is 3.22. The Morgan fingerprint density at radius 1 is 1.57 bits per heavy atom. The van der Waals surface area contributed by atoms with Crippen LogP contribution in [0.15, 0.2) is 16.0 Å². The molecule has 6 heteroatoms. The first kappa shape index (κ1) is 15.2. The first-order valence-electron chi connectivity index (χ1n) is 7.57. The van der Waals surface area contributed by atoms with Gasteiger partial charge in [-0.1, -0.05) is 12.1 Å². The molecule has 1 aliphatic rings. The van der Waals surface area contributed by atoms with Crippen LogP contribution in [0.1, 0.15) is 54.3 Å². The molecule has 0 fully saturated rings. The number of rotatable bonds is 5. The summed E-state index contributed by atoms with van der Waals surface area (Å²) in [5.74, 6) is 0.514. The molecule has 0 aliphatic heterocycles. The molecule has 0 bridgehead atoms. The Labute approximate surface area is 138 Å². The maximum absolute atomic E-state index is 4.18. The molecule has 2 aromatic heterocycles. The van der Waals surface area contributed by atoms with E-state index in [9.17, 15) is 0 Å². The molecule has 114 valence electrons. The van der Waals surface area contributed by atoms with Crippen molar-refractivity contribution in [3.63, 3.8) is 0 Å². The quantitative estimate of drug-likeness (QED) is 0.872. The first-order valence-corrected chi connectivity index (χ1v) is 9.24. The lowest BCUT2D eigenvalue weighted by Crippen LogP contribution is -2.31. The van der Waals surface area contributed by atoms with Crippen LogP contribution in [-0.4, -0.2) is 21.5 Å². The fraction of sp³-hybridized carbons (Fsp3) is 0.600. The first-order chi connectivity index (χ1) is 10.2. The number of hydrogen-bond donors (Lipinski definition) is 1. The maximum atomic E-state index is 4.18. The molecule has 0 saturated carbocycles. The molecule has 1 N–H and O–H groups in total. The molecule has 0 saturated heterocycles. The number of nitrogens with one attached hydrogen (secondary N) is 1. The smallest absolute Gasteiger partial charge is 0.153 e. The summed E-state index contributed by atoms with van der Waals surface area (Å²) in [6, 6.07) is 2.58. The fourth-order valence-electron chi connectivity index (χ4n) is 3.27. The molecule has 0 aromatic carbocycles. The molecule has 4 nitrogen and oxygen atoms in total. The Morgan fingerprint density at radius 3 is 3.14 bits per heavy atom. The zero-order valence-electron chi connectivity index (χ0n) is 12.5. The van der Waals surface area contributed by atoms with Crippen molar-refractivity contribution in [2.24, 2.45) is 7.05 Å². The third-order valence-electron chi connectivity index (χ3n) is 4.24. The zero-order chi connectivity index (χ0) is 14.8. The van der Waals surface area contributed by atoms with Gasteiger partial charge in [0.15, 0.2) is 4.60 Å². The molecule has 2 unspecified atom stereocenters. The van der Waals surface area contributed by atoms with Crippen molar-refractivity contribution in [1.82, 2.24) is 20.3 Å². The number of nitrogens with zero attached hydrogens (tertiary/aromatic N) is 3. The minimum atomic E-state index is 0.271. The highest BCUT2D eigenvalue weighted by molar-refractivity contribution is 9.10. The summed E-state index contributed by atoms with van der Waals surface area (Å²) in [5, 5.41) is 14.3. The Hall–Kier alpha value is -0.720. The van der Waals surface area contributed by atoms with Crippen LogP contribution in [0.2, 0.25) is 0 Å². The van der Waals surface area contributed by atoms with Gasteiger partial charge >= 0.3 is 0 Å². The van der Waals surface area contributed by atoms with E-state index < -0.39 is 0 Å². The van der Waals surface area contributed by atoms with Gasteiger partial charge in [0.1, 0.15) is 0 Å². The van der Waals surface area contributed by atoms with E-state index >= 15 is 0 Å². The van der Waals surface area contributed by atoms with E-state index in [4.69, 9.17) is 0 Å². The number of hydrogen-bond acceptors (Lipinski definition) is 4. The van der Waals surface area contributed by atoms with E-state index in [1.807, 2.05) is 23.1 Å². The molecule has 21 heavy (non-hydrogen) atoms. The van der Waals surface area contributed by atoms with Gasteiger partial charge < -0.3 is 5.32 Å². The Balaban J connectivity index is 1.98. The molecule has 2 aromatic rings. The van der Waals surface area contributed by atoms with Crippen molar-refractivity contribution in [3.05, 3.63) is 32.2 Å². The van der Waals surface area contributed by atoms with Crippen LogP contribution in [0.3, 0.4) is 0 Å². The van der Waals surface area contributed by atoms with E-state index in [1.54, 1.807) is 4.88 Å². The van der Waals surface area contributed by atoms with Crippen molar-refractivity contribution in [2.75, 3.05) is 6.54 Å². The van der Waals surface area contributed by atoms with Crippen LogP contribution < -0.4 is 5.32 Å². The van der Waals surface area contributed by atoms with Gasteiger partial charge in [0.05, 0.1) is 11.7 Å². The van der Waals surface area contributed by atoms with E-state index in [0.29, 0.717) is 5.92 Å². The molecule has 0 radical (unpaired) electrons. The average molecular weight is 369 g/mol. The summed E-state index contributed by atoms with van der Waals surface area (Å²) in [4.78, 5) is 1.56. The van der Waals surface area contributed by atoms with Crippen LogP contribution in [-0.2, 0) is 13.5 Å². The van der Waals surface area contributed by atoms with Gasteiger partial charge in [-0.2, -0.15) is 0 Å². The molecular weight excluding hydrogens is 348 g/mol. The number of thiophene rings is 1. The van der Waals surface area contributed by atoms with Crippen LogP contribution in [0.25, 0.3) is 0 Å². The van der Waals surface area contributed by atoms with E-state index in [0.717, 1.165) is 23.3 Å². The predicted octanol–water partition coefficient (Wildman–Crippen LogP) is 3.80. The van der Waals surface area contributed by atoms with E-state index in [-0.39, 0.29) is 6.04 Å². The van der Waals surface area contributed by atoms with Gasteiger partial charge in [0.25, 0.3) is 0 Å². The number of aryl methyl sites for hydroxylation is 2. The summed E-state index contributed by atoms with van der Waals surface area (Å²) in [6.07, 6.45) is 4.85. The van der Waals surface area contributed by atoms with Gasteiger partial charge in [-0.25, -0.2) is 4.68 Å². The third kappa shape index (κ3) is 2.94. The summed E-state index contributed by atoms with van der Waals surface area (Å²) < 4.78 is 2.76. The number of halogens is 1. The minimum Gasteiger partial charge on any atom is -0.308 e. The molecule has 1 aliphatic carbocycles. The molecule has 2 atom stereocenters. The van der Waals surface area contributed by atoms with Crippen molar-refractivity contribution in [1.29, 1.82) is 0 Å². The third-order valence-corrected chi connectivity index (χ3v) is 5.80. The SMILES string of the molecule is CCCNC(c1c(Br)nnn1C)C1CCCc2sccc21. The van der Waals surface area contributed by atoms with E-state index in [2.05, 4.69) is 49.9 Å². The van der Waals surface area contributed by atoms with E-state index in [1.165, 1.54) is 24.8 Å². The zero-order valence-corrected chi connectivity index (χ0v) is 14.9. The van der Waals surface area contributed by atoms with Crippen LogP contribution >= 0.6 is 27.3 Å². The molecule has 0 amide bonds. The monoisotopic (exact) mass is 368 g/mol. The number of aromatic nitrogens is 3. The van der Waals surface area contributed by atoms with Crippen molar-refractivity contribution >= 4 is 27.3 Å². The largest absolute Gasteiger partial charge is 0.308 e. The number of fused-ring (bicyclic) bond motifs is 1. The van der Waals surface area contributed by atoms with Crippen LogP contribution in [0, 0.1) is 0 Å². The summed E-state index contributed by atoms with van der Waals surface area (Å²) in [7, 11) is 1.98. The predicted molar refractivity (Wildman–Crippen MR) is 89.7 cm³/mol. The lowest BCUT2D eigenvalue weighted by molar-refractivity contribution is 0.385. The van der Waals surface area contributed by atoms with Crippen molar-refractivity contribution in [2.45, 2.75) is 44.6 Å². The maximum Gasteiger partial charge on any atom is 0.153 e. The van der Waals surface area contributed by atoms with Crippen molar-refractivity contribution in [3.8, 4) is 0 Å². The highest BCUT2D eigenvalue weighted by Gasteiger charge is 2.32. The van der Waals surface area contributed by atoms with Gasteiger partial charge in [-0.05, 0) is 65.2 Å². The topological polar surface area (TPSA) is 42.7 Å². The van der Waals surface area contributed by atoms with Crippen LogP contribution in [0.5, 0.6) is 0 Å². The highest BCUT2D eigenvalue weighted by atomic mass is 79.9. The lowest BCUT2D eigenvalue weighted by atomic mass is 9.81. The van der Waals surface area contributed by atoms with Gasteiger partial charge in [-0.3, -0.25) is 0 Å². The summed E-state index contributed by atoms with van der Waals surface area (Å²) >= 11 is 5.47. The lowest BCUT2D eigenvalue weighted by Gasteiger charge is -2.31. The normalized spacial score (nSPS) is 19.5. The van der Waals surface area contributed by atoms with Gasteiger partial charge in [0.2, 0.25) is 0 Å². The Kier molecular flexibility index (Phi) is 4.76. The average Bonchev–Trinajstić information content (AvgIpc) is 3.08.